The molecule has 0 aliphatic heterocycles. The lowest BCUT2D eigenvalue weighted by atomic mass is 10.4. The average Bonchev–Trinajstić information content (AvgIpc) is 1.72. The van der Waals surface area contributed by atoms with Gasteiger partial charge in [0.1, 0.15) is 0 Å². The minimum absolute atomic E-state index is 0. The summed E-state index contributed by atoms with van der Waals surface area (Å²) >= 11 is 0. The predicted molar refractivity (Wildman–Crippen MR) is 27.6 cm³/mol. The van der Waals surface area contributed by atoms with Crippen LogP contribution in [0.3, 0.4) is 0 Å². The molecule has 0 amide bonds. The van der Waals surface area contributed by atoms with E-state index < -0.39 is 0 Å². The number of benzene rings is 1. The highest BCUT2D eigenvalue weighted by Crippen LogP contribution is 1.79. The Bertz CT molecular complexity index is 80.5. The molecule has 0 saturated heterocycles. The van der Waals surface area contributed by atoms with Crippen LogP contribution in [-0.2, 0) is 0 Å². The van der Waals surface area contributed by atoms with Gasteiger partial charge in [0, 0.05) is 0 Å². The van der Waals surface area contributed by atoms with Crippen LogP contribution in [0.2, 0.25) is 0 Å². The fourth-order valence-corrected chi connectivity index (χ4v) is 0.385. The molecule has 0 radical (unpaired) electrons. The smallest absolute Gasteiger partial charge is 1.00 e. The molecule has 0 bridgehead atoms. The number of hydrogen-bond acceptors (Lipinski definition) is 0. The summed E-state index contributed by atoms with van der Waals surface area (Å²) in [6.45, 7) is 0. The van der Waals surface area contributed by atoms with E-state index in [2.05, 4.69) is 0 Å². The van der Waals surface area contributed by atoms with E-state index in [0.717, 1.165) is 0 Å². The second kappa shape index (κ2) is 3.88. The van der Waals surface area contributed by atoms with Gasteiger partial charge < -0.3 is 17.0 Å². The molecule has 0 aliphatic rings. The van der Waals surface area contributed by atoms with Crippen molar-refractivity contribution in [1.29, 1.82) is 0 Å². The second-order valence-corrected chi connectivity index (χ2v) is 1.15. The molecule has 0 nitrogen and oxygen atoms in total. The molecule has 1 heteroatoms. The van der Waals surface area contributed by atoms with E-state index >= 15 is 0 Å². The van der Waals surface area contributed by atoms with Gasteiger partial charge in [0.15, 0.2) is 0 Å². The van der Waals surface area contributed by atoms with E-state index in [1.807, 2.05) is 36.4 Å². The van der Waals surface area contributed by atoms with Crippen LogP contribution in [0.15, 0.2) is 36.4 Å². The van der Waals surface area contributed by atoms with Gasteiger partial charge in [-0.1, -0.05) is 36.4 Å². The Morgan fingerprint density at radius 3 is 0.857 bits per heavy atom. The highest BCUT2D eigenvalue weighted by Gasteiger charge is 1.57. The zero-order valence-electron chi connectivity index (χ0n) is 4.84. The first-order chi connectivity index (χ1) is 3.00. The minimum atomic E-state index is 0. The lowest BCUT2D eigenvalue weighted by Gasteiger charge is -1.69. The molecule has 0 aromatic heterocycles. The maximum absolute atomic E-state index is 2.00. The lowest BCUT2D eigenvalue weighted by molar-refractivity contribution is -0.00000120. The predicted octanol–water partition coefficient (Wildman–Crippen LogP) is -1.20. The Morgan fingerprint density at radius 1 is 0.571 bits per heavy atom. The van der Waals surface area contributed by atoms with Crippen LogP contribution in [0.4, 0.5) is 0 Å². The van der Waals surface area contributed by atoms with Crippen molar-refractivity contribution in [3.05, 3.63) is 36.4 Å². The molecular formula is C6H7Br. The normalized spacial score (nSPS) is 6.86. The first-order valence-corrected chi connectivity index (χ1v) is 2.00. The Labute approximate surface area is 55.4 Å². The zero-order valence-corrected chi connectivity index (χ0v) is 5.43. The first kappa shape index (κ1) is 6.70. The van der Waals surface area contributed by atoms with Crippen LogP contribution in [0.1, 0.15) is 1.43 Å². The molecule has 0 heterocycles. The van der Waals surface area contributed by atoms with Crippen LogP contribution in [0.25, 0.3) is 0 Å². The standard InChI is InChI=1S/C6H6.BrH/c1-2-4-6-5-3-1;/h1-6H;1H. The summed E-state index contributed by atoms with van der Waals surface area (Å²) in [6, 6.07) is 12.0. The van der Waals surface area contributed by atoms with Crippen molar-refractivity contribution < 1.29 is 18.4 Å². The van der Waals surface area contributed by atoms with Crippen molar-refractivity contribution in [2.75, 3.05) is 0 Å². The van der Waals surface area contributed by atoms with Crippen LogP contribution >= 0.6 is 0 Å². The molecule has 0 N–H and O–H groups in total. The maximum Gasteiger partial charge on any atom is 1.00 e. The fourth-order valence-electron chi connectivity index (χ4n) is 0.385. The number of rotatable bonds is 0. The van der Waals surface area contributed by atoms with Gasteiger partial charge in [0.25, 0.3) is 0 Å². The number of hydrogen-bond donors (Lipinski definition) is 0. The SMILES string of the molecule is [Br-].[H+].c1ccccc1. The van der Waals surface area contributed by atoms with Crippen molar-refractivity contribution >= 4 is 0 Å². The van der Waals surface area contributed by atoms with Crippen molar-refractivity contribution in [1.82, 2.24) is 0 Å². The van der Waals surface area contributed by atoms with Gasteiger partial charge in [0.2, 0.25) is 0 Å². The molecule has 1 aromatic rings. The molecule has 38 valence electrons. The van der Waals surface area contributed by atoms with Gasteiger partial charge in [0.05, 0.1) is 0 Å². The largest absolute Gasteiger partial charge is 1.00 e. The van der Waals surface area contributed by atoms with Gasteiger partial charge in [-0.2, -0.15) is 0 Å². The molecular weight excluding hydrogens is 152 g/mol. The average molecular weight is 159 g/mol. The molecule has 1 aromatic carbocycles. The van der Waals surface area contributed by atoms with E-state index in [4.69, 9.17) is 0 Å². The number of halogens is 1. The Balaban J connectivity index is 0. The van der Waals surface area contributed by atoms with Crippen molar-refractivity contribution in [2.45, 2.75) is 0 Å². The van der Waals surface area contributed by atoms with Gasteiger partial charge in [-0.25, -0.2) is 0 Å². The maximum atomic E-state index is 2.00. The third-order valence-electron chi connectivity index (χ3n) is 0.667. The highest BCUT2D eigenvalue weighted by atomic mass is 79.9. The summed E-state index contributed by atoms with van der Waals surface area (Å²) < 4.78 is 0. The summed E-state index contributed by atoms with van der Waals surface area (Å²) in [4.78, 5) is 0. The minimum Gasteiger partial charge on any atom is -1.00 e. The van der Waals surface area contributed by atoms with E-state index in [9.17, 15) is 0 Å². The van der Waals surface area contributed by atoms with E-state index in [0.29, 0.717) is 0 Å². The van der Waals surface area contributed by atoms with Gasteiger partial charge >= 0.3 is 1.43 Å². The molecule has 0 spiro atoms. The molecule has 0 atom stereocenters. The fraction of sp³-hybridized carbons (Fsp3) is 0. The van der Waals surface area contributed by atoms with Gasteiger partial charge in [-0.05, 0) is 0 Å². The molecule has 7 heavy (non-hydrogen) atoms. The van der Waals surface area contributed by atoms with Crippen molar-refractivity contribution in [3.63, 3.8) is 0 Å². The monoisotopic (exact) mass is 158 g/mol. The summed E-state index contributed by atoms with van der Waals surface area (Å²) in [5, 5.41) is 0. The van der Waals surface area contributed by atoms with E-state index in [1.54, 1.807) is 0 Å². The molecule has 0 fully saturated rings. The molecule has 0 unspecified atom stereocenters. The van der Waals surface area contributed by atoms with Gasteiger partial charge in [-0.15, -0.1) is 0 Å². The third-order valence-corrected chi connectivity index (χ3v) is 0.667. The summed E-state index contributed by atoms with van der Waals surface area (Å²) in [5.41, 5.74) is 0. The Kier molecular flexibility index (Phi) is 3.71. The highest BCUT2D eigenvalue weighted by molar-refractivity contribution is 4.99. The summed E-state index contributed by atoms with van der Waals surface area (Å²) in [6.07, 6.45) is 0. The summed E-state index contributed by atoms with van der Waals surface area (Å²) in [5.74, 6) is 0. The third kappa shape index (κ3) is 2.40. The second-order valence-electron chi connectivity index (χ2n) is 1.15. The topological polar surface area (TPSA) is 0 Å². The van der Waals surface area contributed by atoms with E-state index in [-0.39, 0.29) is 18.4 Å². The molecule has 0 aliphatic carbocycles. The quantitative estimate of drug-likeness (QED) is 0.446. The van der Waals surface area contributed by atoms with Crippen molar-refractivity contribution in [3.8, 4) is 0 Å². The van der Waals surface area contributed by atoms with Crippen molar-refractivity contribution in [2.24, 2.45) is 0 Å². The molecule has 0 saturated carbocycles. The van der Waals surface area contributed by atoms with Crippen LogP contribution < -0.4 is 17.0 Å². The lowest BCUT2D eigenvalue weighted by Crippen LogP contribution is -3.00. The zero-order chi connectivity index (χ0) is 4.24. The van der Waals surface area contributed by atoms with Crippen LogP contribution in [-0.4, -0.2) is 0 Å². The Morgan fingerprint density at radius 2 is 0.714 bits per heavy atom. The Hall–Kier alpha value is -0.300. The van der Waals surface area contributed by atoms with Crippen LogP contribution in [0.5, 0.6) is 0 Å². The summed E-state index contributed by atoms with van der Waals surface area (Å²) in [7, 11) is 0. The van der Waals surface area contributed by atoms with E-state index in [1.165, 1.54) is 0 Å². The van der Waals surface area contributed by atoms with Gasteiger partial charge in [-0.3, -0.25) is 0 Å². The molecule has 1 rings (SSSR count). The van der Waals surface area contributed by atoms with Crippen LogP contribution in [0, 0.1) is 0 Å². The first-order valence-electron chi connectivity index (χ1n) is 2.00.